The van der Waals surface area contributed by atoms with Crippen molar-refractivity contribution in [3.8, 4) is 0 Å². The molecule has 0 bridgehead atoms. The Morgan fingerprint density at radius 3 is 1.97 bits per heavy atom. The maximum absolute atomic E-state index is 13.6. The number of benzene rings is 3. The van der Waals surface area contributed by atoms with Crippen LogP contribution in [0.4, 0.5) is 11.4 Å². The van der Waals surface area contributed by atoms with E-state index in [0.29, 0.717) is 29.4 Å². The number of piperazine rings is 1. The van der Waals surface area contributed by atoms with Gasteiger partial charge in [0.25, 0.3) is 11.8 Å². The Bertz CT molecular complexity index is 1250. The highest BCUT2D eigenvalue weighted by molar-refractivity contribution is 8.04. The van der Waals surface area contributed by atoms with Gasteiger partial charge in [0.15, 0.2) is 0 Å². The van der Waals surface area contributed by atoms with Gasteiger partial charge in [-0.3, -0.25) is 9.59 Å². The van der Waals surface area contributed by atoms with Crippen molar-refractivity contribution in [3.05, 3.63) is 101 Å². The molecule has 0 spiro atoms. The predicted molar refractivity (Wildman–Crippen MR) is 138 cm³/mol. The zero-order valence-electron chi connectivity index (χ0n) is 19.4. The average Bonchev–Trinajstić information content (AvgIpc) is 3.10. The van der Waals surface area contributed by atoms with Crippen LogP contribution in [0.15, 0.2) is 94.4 Å². The van der Waals surface area contributed by atoms with E-state index in [-0.39, 0.29) is 11.8 Å². The van der Waals surface area contributed by atoms with E-state index in [1.165, 1.54) is 27.9 Å². The van der Waals surface area contributed by atoms with E-state index in [1.54, 1.807) is 0 Å². The van der Waals surface area contributed by atoms with Gasteiger partial charge >= 0.3 is 0 Å². The molecule has 1 fully saturated rings. The molecule has 0 aromatic heterocycles. The molecule has 0 N–H and O–H groups in total. The van der Waals surface area contributed by atoms with Crippen LogP contribution in [0.3, 0.4) is 0 Å². The summed E-state index contributed by atoms with van der Waals surface area (Å²) in [7, 11) is 0. The summed E-state index contributed by atoms with van der Waals surface area (Å²) in [6.45, 7) is 7.09. The van der Waals surface area contributed by atoms with E-state index < -0.39 is 0 Å². The van der Waals surface area contributed by atoms with Gasteiger partial charge in [0, 0.05) is 36.8 Å². The third-order valence-corrected chi connectivity index (χ3v) is 7.32. The Kier molecular flexibility index (Phi) is 6.16. The summed E-state index contributed by atoms with van der Waals surface area (Å²) in [5.74, 6) is -0.493. The Morgan fingerprint density at radius 1 is 0.647 bits per heavy atom. The summed E-state index contributed by atoms with van der Waals surface area (Å²) in [6.07, 6.45) is 0. The molecule has 34 heavy (non-hydrogen) atoms. The van der Waals surface area contributed by atoms with Gasteiger partial charge < -0.3 is 9.80 Å². The standard InChI is InChI=1S/C28H27N3O2S/c1-20-11-13-24(14-12-20)34-26-25(27(32)31(28(26)33)22-8-4-3-5-9-22)30-17-15-29(16-18-30)23-10-6-7-21(2)19-23/h3-14,19H,15-18H2,1-2H3. The van der Waals surface area contributed by atoms with E-state index in [0.717, 1.165) is 23.5 Å². The fourth-order valence-electron chi connectivity index (χ4n) is 4.42. The van der Waals surface area contributed by atoms with Crippen molar-refractivity contribution in [1.82, 2.24) is 4.90 Å². The second-order valence-corrected chi connectivity index (χ2v) is 9.77. The second-order valence-electron chi connectivity index (χ2n) is 8.69. The molecule has 5 rings (SSSR count). The topological polar surface area (TPSA) is 43.9 Å². The maximum atomic E-state index is 13.6. The number of rotatable bonds is 5. The van der Waals surface area contributed by atoms with Crippen molar-refractivity contribution >= 4 is 35.0 Å². The molecule has 0 aliphatic carbocycles. The third-order valence-electron chi connectivity index (χ3n) is 6.24. The molecule has 2 heterocycles. The second kappa shape index (κ2) is 9.39. The lowest BCUT2D eigenvalue weighted by Gasteiger charge is -2.37. The SMILES string of the molecule is Cc1ccc(SC2=C(N3CCN(c4cccc(C)c4)CC3)C(=O)N(c3ccccc3)C2=O)cc1. The Balaban J connectivity index is 1.44. The van der Waals surface area contributed by atoms with E-state index in [4.69, 9.17) is 0 Å². The minimum absolute atomic E-state index is 0.241. The zero-order valence-corrected chi connectivity index (χ0v) is 20.2. The number of amides is 2. The fraction of sp³-hybridized carbons (Fsp3) is 0.214. The Labute approximate surface area is 204 Å². The Morgan fingerprint density at radius 2 is 1.29 bits per heavy atom. The fourth-order valence-corrected chi connectivity index (χ4v) is 5.42. The first kappa shape index (κ1) is 22.3. The molecular formula is C28H27N3O2S. The van der Waals surface area contributed by atoms with Crippen molar-refractivity contribution in [2.75, 3.05) is 36.0 Å². The van der Waals surface area contributed by atoms with E-state index in [9.17, 15) is 9.59 Å². The van der Waals surface area contributed by atoms with Crippen molar-refractivity contribution in [3.63, 3.8) is 0 Å². The van der Waals surface area contributed by atoms with Gasteiger partial charge in [0.05, 0.1) is 5.69 Å². The molecule has 3 aromatic rings. The number of hydrogen-bond donors (Lipinski definition) is 0. The normalized spacial score (nSPS) is 16.6. The average molecular weight is 470 g/mol. The van der Waals surface area contributed by atoms with Crippen LogP contribution in [0.25, 0.3) is 0 Å². The van der Waals surface area contributed by atoms with Crippen LogP contribution in [0.2, 0.25) is 0 Å². The predicted octanol–water partition coefficient (Wildman–Crippen LogP) is 5.00. The summed E-state index contributed by atoms with van der Waals surface area (Å²) in [5, 5.41) is 0. The van der Waals surface area contributed by atoms with Gasteiger partial charge in [0.1, 0.15) is 10.6 Å². The van der Waals surface area contributed by atoms with Crippen molar-refractivity contribution < 1.29 is 9.59 Å². The largest absolute Gasteiger partial charge is 0.368 e. The van der Waals surface area contributed by atoms with Gasteiger partial charge in [-0.05, 0) is 55.8 Å². The first-order chi connectivity index (χ1) is 16.5. The number of thioether (sulfide) groups is 1. The van der Waals surface area contributed by atoms with Crippen molar-refractivity contribution in [2.45, 2.75) is 18.7 Å². The molecule has 5 nitrogen and oxygen atoms in total. The first-order valence-corrected chi connectivity index (χ1v) is 12.3. The van der Waals surface area contributed by atoms with E-state index in [2.05, 4.69) is 41.0 Å². The molecule has 0 radical (unpaired) electrons. The van der Waals surface area contributed by atoms with Crippen LogP contribution in [-0.2, 0) is 9.59 Å². The molecule has 2 amide bonds. The van der Waals surface area contributed by atoms with Gasteiger partial charge in [-0.2, -0.15) is 0 Å². The van der Waals surface area contributed by atoms with Gasteiger partial charge in [-0.1, -0.05) is 59.8 Å². The molecule has 0 saturated carbocycles. The van der Waals surface area contributed by atoms with Crippen molar-refractivity contribution in [1.29, 1.82) is 0 Å². The van der Waals surface area contributed by atoms with E-state index in [1.807, 2.05) is 61.5 Å². The molecule has 0 atom stereocenters. The summed E-state index contributed by atoms with van der Waals surface area (Å²) >= 11 is 1.38. The summed E-state index contributed by atoms with van der Waals surface area (Å²) in [4.78, 5) is 34.4. The number of aryl methyl sites for hydroxylation is 2. The van der Waals surface area contributed by atoms with Crippen molar-refractivity contribution in [2.24, 2.45) is 0 Å². The van der Waals surface area contributed by atoms with Crippen LogP contribution in [0.5, 0.6) is 0 Å². The lowest BCUT2D eigenvalue weighted by Crippen LogP contribution is -2.47. The monoisotopic (exact) mass is 469 g/mol. The first-order valence-electron chi connectivity index (χ1n) is 11.5. The van der Waals surface area contributed by atoms with E-state index >= 15 is 0 Å². The lowest BCUT2D eigenvalue weighted by molar-refractivity contribution is -0.121. The van der Waals surface area contributed by atoms with Crippen LogP contribution >= 0.6 is 11.8 Å². The summed E-state index contributed by atoms with van der Waals surface area (Å²) in [5.41, 5.74) is 4.71. The highest BCUT2D eigenvalue weighted by atomic mass is 32.2. The highest BCUT2D eigenvalue weighted by Crippen LogP contribution is 2.39. The zero-order chi connectivity index (χ0) is 23.7. The maximum Gasteiger partial charge on any atom is 0.283 e. The van der Waals surface area contributed by atoms with Gasteiger partial charge in [0.2, 0.25) is 0 Å². The van der Waals surface area contributed by atoms with Crippen LogP contribution in [-0.4, -0.2) is 42.9 Å². The quantitative estimate of drug-likeness (QED) is 0.492. The number of nitrogens with zero attached hydrogens (tertiary/aromatic N) is 3. The molecule has 1 saturated heterocycles. The number of para-hydroxylation sites is 1. The smallest absolute Gasteiger partial charge is 0.283 e. The number of hydrogen-bond acceptors (Lipinski definition) is 5. The molecule has 6 heteroatoms. The number of imide groups is 1. The van der Waals surface area contributed by atoms with Gasteiger partial charge in [-0.15, -0.1) is 0 Å². The minimum atomic E-state index is -0.252. The number of carbonyl (C=O) groups is 2. The Hall–Kier alpha value is -3.51. The van der Waals surface area contributed by atoms with Crippen LogP contribution in [0.1, 0.15) is 11.1 Å². The minimum Gasteiger partial charge on any atom is -0.368 e. The summed E-state index contributed by atoms with van der Waals surface area (Å²) in [6, 6.07) is 25.7. The highest BCUT2D eigenvalue weighted by Gasteiger charge is 2.43. The molecule has 2 aliphatic rings. The molecule has 2 aliphatic heterocycles. The molecule has 0 unspecified atom stereocenters. The molecular weight excluding hydrogens is 442 g/mol. The van der Waals surface area contributed by atoms with Crippen LogP contribution in [0, 0.1) is 13.8 Å². The van der Waals surface area contributed by atoms with Crippen LogP contribution < -0.4 is 9.80 Å². The lowest BCUT2D eigenvalue weighted by atomic mass is 10.2. The summed E-state index contributed by atoms with van der Waals surface area (Å²) < 4.78 is 0. The third kappa shape index (κ3) is 4.33. The number of anilines is 2. The molecule has 3 aromatic carbocycles. The van der Waals surface area contributed by atoms with Gasteiger partial charge in [-0.25, -0.2) is 4.90 Å². The number of carbonyl (C=O) groups excluding carboxylic acids is 2. The molecule has 172 valence electrons.